The van der Waals surface area contributed by atoms with Crippen LogP contribution in [0.1, 0.15) is 22.4 Å². The second kappa shape index (κ2) is 10.3. The van der Waals surface area contributed by atoms with Crippen molar-refractivity contribution in [2.24, 2.45) is 5.73 Å². The first-order chi connectivity index (χ1) is 18.2. The lowest BCUT2D eigenvalue weighted by molar-refractivity contribution is -0.114. The van der Waals surface area contributed by atoms with Crippen LogP contribution in [0.2, 0.25) is 10.0 Å². The van der Waals surface area contributed by atoms with Crippen molar-refractivity contribution in [3.63, 3.8) is 0 Å². The first-order valence-corrected chi connectivity index (χ1v) is 12.7. The van der Waals surface area contributed by atoms with Crippen molar-refractivity contribution in [2.45, 2.75) is 26.8 Å². The molecule has 1 aliphatic heterocycles. The Morgan fingerprint density at radius 3 is 2.55 bits per heavy atom. The number of anilines is 2. The van der Waals surface area contributed by atoms with Gasteiger partial charge in [0.25, 0.3) is 0 Å². The highest BCUT2D eigenvalue weighted by atomic mass is 35.5. The summed E-state index contributed by atoms with van der Waals surface area (Å²) in [6, 6.07) is 9.48. The van der Waals surface area contributed by atoms with Gasteiger partial charge in [-0.25, -0.2) is 18.4 Å². The topological polar surface area (TPSA) is 89.1 Å². The molecule has 4 aromatic rings. The number of nitrogens with zero attached hydrogens (tertiary/aromatic N) is 4. The number of nitrogens with two attached hydrogens (primary N) is 1. The molecule has 0 fully saturated rings. The molecule has 38 heavy (non-hydrogen) atoms. The number of carbonyl (C=O) groups is 1. The molecule has 2 aromatic heterocycles. The van der Waals surface area contributed by atoms with Crippen molar-refractivity contribution in [1.82, 2.24) is 14.8 Å². The standard InChI is InChI=1S/C27H24Cl2F2N6O/c1-14-4-3-5-15(2)25(14)37-26(17-9-21(31)23(10-20(17)30)34-24(38)11-32)18-13-36(7-6-22(18)35-37)27-19(29)8-16(28)12-33-27/h3-5,8-10,12H,6-7,11,13,32H2,1-2H3,(H,34,38). The van der Waals surface area contributed by atoms with Gasteiger partial charge in [0.05, 0.1) is 39.4 Å². The van der Waals surface area contributed by atoms with Crippen molar-refractivity contribution in [1.29, 1.82) is 0 Å². The molecule has 2 aromatic carbocycles. The summed E-state index contributed by atoms with van der Waals surface area (Å²) in [7, 11) is 0. The van der Waals surface area contributed by atoms with Gasteiger partial charge in [0, 0.05) is 42.9 Å². The maximum atomic E-state index is 15.7. The summed E-state index contributed by atoms with van der Waals surface area (Å²) >= 11 is 12.5. The molecular formula is C27H24Cl2F2N6O. The van der Waals surface area contributed by atoms with Gasteiger partial charge in [-0.3, -0.25) is 4.79 Å². The van der Waals surface area contributed by atoms with Gasteiger partial charge in [-0.1, -0.05) is 41.4 Å². The Balaban J connectivity index is 1.70. The summed E-state index contributed by atoms with van der Waals surface area (Å²) in [4.78, 5) is 18.1. The van der Waals surface area contributed by atoms with Crippen LogP contribution in [0.3, 0.4) is 0 Å². The molecule has 3 N–H and O–H groups in total. The van der Waals surface area contributed by atoms with Gasteiger partial charge in [-0.05, 0) is 37.1 Å². The molecule has 196 valence electrons. The highest BCUT2D eigenvalue weighted by Crippen LogP contribution is 2.39. The minimum Gasteiger partial charge on any atom is -0.351 e. The predicted octanol–water partition coefficient (Wildman–Crippen LogP) is 5.60. The molecule has 7 nitrogen and oxygen atoms in total. The third-order valence-electron chi connectivity index (χ3n) is 6.54. The first kappa shape index (κ1) is 26.1. The van der Waals surface area contributed by atoms with Gasteiger partial charge in [-0.2, -0.15) is 5.10 Å². The molecule has 1 aliphatic rings. The molecule has 0 radical (unpaired) electrons. The minimum absolute atomic E-state index is 0.0154. The van der Waals surface area contributed by atoms with Crippen LogP contribution < -0.4 is 16.0 Å². The lowest BCUT2D eigenvalue weighted by Crippen LogP contribution is -2.31. The number of carbonyl (C=O) groups excluding carboxylic acids is 1. The van der Waals surface area contributed by atoms with Crippen LogP contribution >= 0.6 is 23.2 Å². The van der Waals surface area contributed by atoms with Crippen molar-refractivity contribution < 1.29 is 13.6 Å². The van der Waals surface area contributed by atoms with E-state index >= 15 is 8.78 Å². The van der Waals surface area contributed by atoms with Crippen LogP contribution in [-0.4, -0.2) is 33.8 Å². The van der Waals surface area contributed by atoms with E-state index in [2.05, 4.69) is 10.3 Å². The number of aromatic nitrogens is 3. The minimum atomic E-state index is -0.790. The maximum Gasteiger partial charge on any atom is 0.238 e. The van der Waals surface area contributed by atoms with E-state index in [9.17, 15) is 4.79 Å². The highest BCUT2D eigenvalue weighted by Gasteiger charge is 2.30. The molecular weight excluding hydrogens is 533 g/mol. The Morgan fingerprint density at radius 1 is 1.13 bits per heavy atom. The molecule has 1 amide bonds. The quantitative estimate of drug-likeness (QED) is 0.334. The third-order valence-corrected chi connectivity index (χ3v) is 7.03. The van der Waals surface area contributed by atoms with E-state index in [4.69, 9.17) is 34.0 Å². The molecule has 3 heterocycles. The number of nitrogens with one attached hydrogen (secondary N) is 1. The molecule has 0 aliphatic carbocycles. The largest absolute Gasteiger partial charge is 0.351 e. The van der Waals surface area contributed by atoms with Crippen LogP contribution in [0.15, 0.2) is 42.6 Å². The number of rotatable bonds is 5. The normalized spacial score (nSPS) is 13.0. The molecule has 11 heteroatoms. The zero-order valence-corrected chi connectivity index (χ0v) is 22.2. The van der Waals surface area contributed by atoms with E-state index in [0.717, 1.165) is 40.2 Å². The Hall–Kier alpha value is -3.53. The van der Waals surface area contributed by atoms with Gasteiger partial charge < -0.3 is 16.0 Å². The number of amides is 1. The number of aryl methyl sites for hydroxylation is 2. The van der Waals surface area contributed by atoms with Crippen molar-refractivity contribution in [3.05, 3.63) is 86.7 Å². The van der Waals surface area contributed by atoms with Crippen LogP contribution in [0, 0.1) is 25.5 Å². The van der Waals surface area contributed by atoms with Crippen molar-refractivity contribution in [2.75, 3.05) is 23.3 Å². The number of hydrogen-bond donors (Lipinski definition) is 2. The molecule has 0 saturated heterocycles. The fraction of sp³-hybridized carbons (Fsp3) is 0.222. The Kier molecular flexibility index (Phi) is 7.09. The van der Waals surface area contributed by atoms with Gasteiger partial charge in [0.2, 0.25) is 5.91 Å². The zero-order valence-electron chi connectivity index (χ0n) is 20.7. The lowest BCUT2D eigenvalue weighted by Gasteiger charge is -2.28. The predicted molar refractivity (Wildman–Crippen MR) is 145 cm³/mol. The average Bonchev–Trinajstić information content (AvgIpc) is 3.23. The number of fused-ring (bicyclic) bond motifs is 1. The molecule has 0 bridgehead atoms. The second-order valence-corrected chi connectivity index (χ2v) is 9.96. The van der Waals surface area contributed by atoms with Gasteiger partial charge in [-0.15, -0.1) is 0 Å². The van der Waals surface area contributed by atoms with Crippen LogP contribution in [-0.2, 0) is 17.8 Å². The molecule has 0 atom stereocenters. The van der Waals surface area contributed by atoms with E-state index in [1.807, 2.05) is 36.9 Å². The highest BCUT2D eigenvalue weighted by molar-refractivity contribution is 6.36. The third kappa shape index (κ3) is 4.73. The summed E-state index contributed by atoms with van der Waals surface area (Å²) in [5.74, 6) is -1.59. The average molecular weight is 557 g/mol. The monoisotopic (exact) mass is 556 g/mol. The fourth-order valence-corrected chi connectivity index (χ4v) is 5.30. The number of pyridine rings is 1. The Bertz CT molecular complexity index is 1550. The molecule has 0 spiro atoms. The molecule has 5 rings (SSSR count). The van der Waals surface area contributed by atoms with Gasteiger partial charge in [0.1, 0.15) is 17.5 Å². The van der Waals surface area contributed by atoms with E-state index in [1.54, 1.807) is 10.7 Å². The zero-order chi connectivity index (χ0) is 27.1. The Labute approximate surface area is 228 Å². The van der Waals surface area contributed by atoms with Crippen molar-refractivity contribution in [3.8, 4) is 16.9 Å². The summed E-state index contributed by atoms with van der Waals surface area (Å²) in [6.07, 6.45) is 2.05. The molecule has 0 unspecified atom stereocenters. The smallest absolute Gasteiger partial charge is 0.238 e. The first-order valence-electron chi connectivity index (χ1n) is 11.9. The summed E-state index contributed by atoms with van der Waals surface area (Å²) < 4.78 is 32.6. The van der Waals surface area contributed by atoms with Crippen molar-refractivity contribution >= 4 is 40.6 Å². The van der Waals surface area contributed by atoms with E-state index in [-0.39, 0.29) is 17.8 Å². The SMILES string of the molecule is Cc1cccc(C)c1-n1nc2c(c1-c1cc(F)c(NC(=O)CN)cc1F)CN(c1ncc(Cl)cc1Cl)CC2. The van der Waals surface area contributed by atoms with Crippen LogP contribution in [0.4, 0.5) is 20.3 Å². The number of hydrogen-bond acceptors (Lipinski definition) is 5. The van der Waals surface area contributed by atoms with Gasteiger partial charge >= 0.3 is 0 Å². The van der Waals surface area contributed by atoms with E-state index < -0.39 is 17.5 Å². The Morgan fingerprint density at radius 2 is 1.87 bits per heavy atom. The lowest BCUT2D eigenvalue weighted by atomic mass is 9.99. The van der Waals surface area contributed by atoms with E-state index in [1.165, 1.54) is 6.20 Å². The number of para-hydroxylation sites is 1. The number of halogens is 4. The summed E-state index contributed by atoms with van der Waals surface area (Å²) in [5, 5.41) is 7.98. The van der Waals surface area contributed by atoms with Crippen LogP contribution in [0.25, 0.3) is 16.9 Å². The van der Waals surface area contributed by atoms with Crippen LogP contribution in [0.5, 0.6) is 0 Å². The fourth-order valence-electron chi connectivity index (χ4n) is 4.80. The maximum absolute atomic E-state index is 15.7. The summed E-state index contributed by atoms with van der Waals surface area (Å²) in [5.41, 5.74) is 9.60. The van der Waals surface area contributed by atoms with E-state index in [0.29, 0.717) is 41.1 Å². The van der Waals surface area contributed by atoms with Gasteiger partial charge in [0.15, 0.2) is 0 Å². The number of benzene rings is 2. The summed E-state index contributed by atoms with van der Waals surface area (Å²) in [6.45, 7) is 4.42. The molecule has 0 saturated carbocycles. The second-order valence-electron chi connectivity index (χ2n) is 9.12.